The zero-order valence-corrected chi connectivity index (χ0v) is 14.9. The molecule has 2 aromatic rings. The molecule has 1 aliphatic rings. The summed E-state index contributed by atoms with van der Waals surface area (Å²) in [6.45, 7) is 1.40. The summed E-state index contributed by atoms with van der Waals surface area (Å²) in [5, 5.41) is 7.65. The summed E-state index contributed by atoms with van der Waals surface area (Å²) in [6.07, 6.45) is 6.37. The van der Waals surface area contributed by atoms with Gasteiger partial charge in [0.2, 0.25) is 0 Å². The molecule has 1 fully saturated rings. The molecule has 1 aliphatic carbocycles. The molecule has 1 N–H and O–H groups in total. The Morgan fingerprint density at radius 2 is 2.00 bits per heavy atom. The Bertz CT molecular complexity index is 615. The molecule has 1 heterocycles. The van der Waals surface area contributed by atoms with E-state index in [1.807, 2.05) is 19.4 Å². The van der Waals surface area contributed by atoms with Crippen LogP contribution in [0.15, 0.2) is 33.5 Å². The predicted molar refractivity (Wildman–Crippen MR) is 89.2 cm³/mol. The minimum Gasteiger partial charge on any atom is -0.486 e. The molecule has 1 aromatic heterocycles. The van der Waals surface area contributed by atoms with E-state index < -0.39 is 0 Å². The second kappa shape index (κ2) is 6.50. The summed E-state index contributed by atoms with van der Waals surface area (Å²) < 4.78 is 9.60. The fourth-order valence-electron chi connectivity index (χ4n) is 2.10. The molecule has 21 heavy (non-hydrogen) atoms. The van der Waals surface area contributed by atoms with Gasteiger partial charge >= 0.3 is 0 Å². The smallest absolute Gasteiger partial charge is 0.148 e. The molecule has 0 spiro atoms. The highest BCUT2D eigenvalue weighted by Crippen LogP contribution is 2.35. The number of nitrogens with one attached hydrogen (secondary N) is 1. The van der Waals surface area contributed by atoms with Crippen molar-refractivity contribution < 1.29 is 4.74 Å². The first kappa shape index (κ1) is 15.1. The molecule has 0 amide bonds. The molecular weight excluding hydrogens is 398 g/mol. The van der Waals surface area contributed by atoms with Crippen LogP contribution in [0.4, 0.5) is 0 Å². The van der Waals surface area contributed by atoms with Gasteiger partial charge < -0.3 is 10.1 Å². The van der Waals surface area contributed by atoms with Crippen molar-refractivity contribution in [3.8, 4) is 5.75 Å². The first-order valence-corrected chi connectivity index (χ1v) is 8.52. The van der Waals surface area contributed by atoms with E-state index in [0.29, 0.717) is 12.6 Å². The zero-order valence-electron chi connectivity index (χ0n) is 11.8. The Hall–Kier alpha value is -0.850. The lowest BCUT2D eigenvalue weighted by molar-refractivity contribution is 0.302. The number of aromatic nitrogens is 2. The highest BCUT2D eigenvalue weighted by Gasteiger charge is 2.20. The number of halogens is 2. The van der Waals surface area contributed by atoms with Crippen LogP contribution in [0.3, 0.4) is 0 Å². The molecule has 112 valence electrons. The van der Waals surface area contributed by atoms with E-state index in [4.69, 9.17) is 4.74 Å². The zero-order chi connectivity index (χ0) is 14.8. The van der Waals surface area contributed by atoms with Gasteiger partial charge in [-0.3, -0.25) is 4.68 Å². The van der Waals surface area contributed by atoms with Gasteiger partial charge in [-0.25, -0.2) is 0 Å². The summed E-state index contributed by atoms with van der Waals surface area (Å²) in [5.74, 6) is 0.828. The topological polar surface area (TPSA) is 39.1 Å². The Morgan fingerprint density at radius 3 is 2.57 bits per heavy atom. The molecule has 0 unspecified atom stereocenters. The van der Waals surface area contributed by atoms with Gasteiger partial charge in [-0.2, -0.15) is 5.10 Å². The molecular formula is C15H17Br2N3O. The monoisotopic (exact) mass is 413 g/mol. The van der Waals surface area contributed by atoms with Gasteiger partial charge in [0.25, 0.3) is 0 Å². The van der Waals surface area contributed by atoms with E-state index in [9.17, 15) is 0 Å². The first-order chi connectivity index (χ1) is 10.1. The summed E-state index contributed by atoms with van der Waals surface area (Å²) in [7, 11) is 1.90. The number of benzene rings is 1. The maximum atomic E-state index is 5.89. The number of hydrogen-bond donors (Lipinski definition) is 1. The van der Waals surface area contributed by atoms with Crippen LogP contribution >= 0.6 is 31.9 Å². The van der Waals surface area contributed by atoms with Crippen molar-refractivity contribution in [2.75, 3.05) is 0 Å². The molecule has 0 aliphatic heterocycles. The standard InChI is InChI=1S/C15H17Br2N3O/c1-20-8-11(7-19-20)9-21-15-13(16)4-10(5-14(15)17)6-18-12-2-3-12/h4-5,7-8,12,18H,2-3,6,9H2,1H3. The summed E-state index contributed by atoms with van der Waals surface area (Å²) in [4.78, 5) is 0. The maximum Gasteiger partial charge on any atom is 0.148 e. The first-order valence-electron chi connectivity index (χ1n) is 6.93. The molecule has 1 saturated carbocycles. The van der Waals surface area contributed by atoms with E-state index >= 15 is 0 Å². The van der Waals surface area contributed by atoms with Crippen LogP contribution in [-0.4, -0.2) is 15.8 Å². The molecule has 0 radical (unpaired) electrons. The third kappa shape index (κ3) is 4.08. The van der Waals surface area contributed by atoms with Crippen LogP contribution in [-0.2, 0) is 20.2 Å². The normalized spacial score (nSPS) is 14.4. The lowest BCUT2D eigenvalue weighted by atomic mass is 10.2. The molecule has 0 atom stereocenters. The number of rotatable bonds is 6. The summed E-state index contributed by atoms with van der Waals surface area (Å²) >= 11 is 7.19. The van der Waals surface area contributed by atoms with Crippen LogP contribution in [0.5, 0.6) is 5.75 Å². The average Bonchev–Trinajstić information content (AvgIpc) is 3.17. The van der Waals surface area contributed by atoms with Crippen molar-refractivity contribution in [1.29, 1.82) is 0 Å². The average molecular weight is 415 g/mol. The van der Waals surface area contributed by atoms with E-state index in [-0.39, 0.29) is 0 Å². The number of hydrogen-bond acceptors (Lipinski definition) is 3. The van der Waals surface area contributed by atoms with E-state index in [1.165, 1.54) is 18.4 Å². The minimum atomic E-state index is 0.505. The molecule has 1 aromatic carbocycles. The molecule has 0 saturated heterocycles. The molecule has 4 nitrogen and oxygen atoms in total. The second-order valence-corrected chi connectivity index (χ2v) is 7.06. The molecule has 0 bridgehead atoms. The Balaban J connectivity index is 1.66. The van der Waals surface area contributed by atoms with Crippen molar-refractivity contribution in [1.82, 2.24) is 15.1 Å². The van der Waals surface area contributed by atoms with Gasteiger partial charge in [-0.05, 0) is 62.4 Å². The van der Waals surface area contributed by atoms with Crippen molar-refractivity contribution in [3.63, 3.8) is 0 Å². The minimum absolute atomic E-state index is 0.505. The summed E-state index contributed by atoms with van der Waals surface area (Å²) in [5.41, 5.74) is 2.30. The third-order valence-corrected chi connectivity index (χ3v) is 4.55. The van der Waals surface area contributed by atoms with Crippen LogP contribution in [0, 0.1) is 0 Å². The SMILES string of the molecule is Cn1cc(COc2c(Br)cc(CNC3CC3)cc2Br)cn1. The van der Waals surface area contributed by atoms with Crippen LogP contribution < -0.4 is 10.1 Å². The highest BCUT2D eigenvalue weighted by molar-refractivity contribution is 9.11. The largest absolute Gasteiger partial charge is 0.486 e. The maximum absolute atomic E-state index is 5.89. The van der Waals surface area contributed by atoms with Gasteiger partial charge in [-0.15, -0.1) is 0 Å². The highest BCUT2D eigenvalue weighted by atomic mass is 79.9. The number of nitrogens with zero attached hydrogens (tertiary/aromatic N) is 2. The lowest BCUT2D eigenvalue weighted by Gasteiger charge is -2.12. The molecule has 3 rings (SSSR count). The van der Waals surface area contributed by atoms with E-state index in [1.54, 1.807) is 4.68 Å². The van der Waals surface area contributed by atoms with Crippen molar-refractivity contribution in [2.45, 2.75) is 32.0 Å². The molecule has 6 heteroatoms. The quantitative estimate of drug-likeness (QED) is 0.781. The summed E-state index contributed by atoms with van der Waals surface area (Å²) in [6, 6.07) is 4.93. The van der Waals surface area contributed by atoms with Gasteiger partial charge in [0.05, 0.1) is 15.1 Å². The third-order valence-electron chi connectivity index (χ3n) is 3.37. The van der Waals surface area contributed by atoms with Gasteiger partial charge in [0, 0.05) is 31.4 Å². The number of aryl methyl sites for hydroxylation is 1. The van der Waals surface area contributed by atoms with Gasteiger partial charge in [-0.1, -0.05) is 0 Å². The van der Waals surface area contributed by atoms with Crippen LogP contribution in [0.25, 0.3) is 0 Å². The van der Waals surface area contributed by atoms with Gasteiger partial charge in [0.1, 0.15) is 12.4 Å². The van der Waals surface area contributed by atoms with Crippen LogP contribution in [0.1, 0.15) is 24.0 Å². The second-order valence-electron chi connectivity index (χ2n) is 5.35. The fraction of sp³-hybridized carbons (Fsp3) is 0.400. The predicted octanol–water partition coefficient (Wildman–Crippen LogP) is 3.78. The Kier molecular flexibility index (Phi) is 4.66. The number of ether oxygens (including phenoxy) is 1. The van der Waals surface area contributed by atoms with Crippen molar-refractivity contribution in [2.24, 2.45) is 7.05 Å². The fourth-order valence-corrected chi connectivity index (χ4v) is 3.61. The lowest BCUT2D eigenvalue weighted by Crippen LogP contribution is -2.15. The Labute approximate surface area is 141 Å². The van der Waals surface area contributed by atoms with E-state index in [0.717, 1.165) is 26.8 Å². The van der Waals surface area contributed by atoms with Gasteiger partial charge in [0.15, 0.2) is 0 Å². The Morgan fingerprint density at radius 1 is 1.29 bits per heavy atom. The van der Waals surface area contributed by atoms with E-state index in [2.05, 4.69) is 54.4 Å². The van der Waals surface area contributed by atoms with Crippen LogP contribution in [0.2, 0.25) is 0 Å². The van der Waals surface area contributed by atoms with Crippen molar-refractivity contribution in [3.05, 3.63) is 44.6 Å². The van der Waals surface area contributed by atoms with Crippen molar-refractivity contribution >= 4 is 31.9 Å².